The van der Waals surface area contributed by atoms with Gasteiger partial charge >= 0.3 is 0 Å². The number of fused-ring (bicyclic) bond motifs is 1. The van der Waals surface area contributed by atoms with E-state index in [9.17, 15) is 4.39 Å². The Morgan fingerprint density at radius 2 is 2.00 bits per heavy atom. The molecule has 0 fully saturated rings. The van der Waals surface area contributed by atoms with Crippen molar-refractivity contribution in [3.63, 3.8) is 0 Å². The fourth-order valence-electron chi connectivity index (χ4n) is 1.77. The van der Waals surface area contributed by atoms with Gasteiger partial charge in [0.2, 0.25) is 0 Å². The van der Waals surface area contributed by atoms with E-state index < -0.39 is 0 Å². The normalized spacial score (nSPS) is 11.9. The zero-order chi connectivity index (χ0) is 13.5. The number of nitrogens with one attached hydrogen (secondary N) is 1. The van der Waals surface area contributed by atoms with Crippen LogP contribution in [0.15, 0.2) is 22.7 Å². The number of hydrogen-bond acceptors (Lipinski definition) is 3. The van der Waals surface area contributed by atoms with E-state index in [1.165, 1.54) is 6.07 Å². The second-order valence-electron chi connectivity index (χ2n) is 5.20. The number of nitrogens with two attached hydrogens (primary N) is 1. The number of pyridine rings is 1. The molecule has 2 aromatic rings. The molecule has 96 valence electrons. The second kappa shape index (κ2) is 4.48. The van der Waals surface area contributed by atoms with Crippen LogP contribution in [0, 0.1) is 5.82 Å². The van der Waals surface area contributed by atoms with Gasteiger partial charge in [0, 0.05) is 15.6 Å². The lowest BCUT2D eigenvalue weighted by Crippen LogP contribution is -2.16. The third-order valence-corrected chi connectivity index (χ3v) is 3.42. The number of halogens is 2. The lowest BCUT2D eigenvalue weighted by molar-refractivity contribution is 0.571. The molecule has 0 aliphatic carbocycles. The third kappa shape index (κ3) is 2.20. The van der Waals surface area contributed by atoms with Crippen molar-refractivity contribution in [1.29, 1.82) is 0 Å². The SMILES string of the molecule is CC(C)(C)c1cc(NN)c2c(F)ccc(Br)c2n1. The summed E-state index contributed by atoms with van der Waals surface area (Å²) in [7, 11) is 0. The predicted octanol–water partition coefficient (Wildman–Crippen LogP) is 3.72. The lowest BCUT2D eigenvalue weighted by atomic mass is 9.91. The number of anilines is 1. The van der Waals surface area contributed by atoms with Gasteiger partial charge in [-0.1, -0.05) is 20.8 Å². The number of hydrazine groups is 1. The highest BCUT2D eigenvalue weighted by Crippen LogP contribution is 2.33. The molecule has 0 atom stereocenters. The quantitative estimate of drug-likeness (QED) is 0.623. The Hall–Kier alpha value is -1.20. The van der Waals surface area contributed by atoms with Crippen LogP contribution in [0.1, 0.15) is 26.5 Å². The lowest BCUT2D eigenvalue weighted by Gasteiger charge is -2.20. The largest absolute Gasteiger partial charge is 0.323 e. The summed E-state index contributed by atoms with van der Waals surface area (Å²) in [5, 5.41) is 0.403. The van der Waals surface area contributed by atoms with Gasteiger partial charge < -0.3 is 5.43 Å². The summed E-state index contributed by atoms with van der Waals surface area (Å²) in [6.07, 6.45) is 0. The highest BCUT2D eigenvalue weighted by molar-refractivity contribution is 9.10. The van der Waals surface area contributed by atoms with Gasteiger partial charge in [-0.25, -0.2) is 4.39 Å². The highest BCUT2D eigenvalue weighted by atomic mass is 79.9. The molecule has 3 nitrogen and oxygen atoms in total. The average Bonchev–Trinajstić information content (AvgIpc) is 2.31. The van der Waals surface area contributed by atoms with Gasteiger partial charge in [0.1, 0.15) is 5.82 Å². The molecule has 3 N–H and O–H groups in total. The second-order valence-corrected chi connectivity index (χ2v) is 6.06. The highest BCUT2D eigenvalue weighted by Gasteiger charge is 2.20. The molecule has 0 unspecified atom stereocenters. The Morgan fingerprint density at radius 1 is 1.33 bits per heavy atom. The fourth-order valence-corrected chi connectivity index (χ4v) is 2.19. The first-order valence-electron chi connectivity index (χ1n) is 5.60. The van der Waals surface area contributed by atoms with Crippen LogP contribution < -0.4 is 11.3 Å². The molecule has 1 aromatic heterocycles. The maximum Gasteiger partial charge on any atom is 0.134 e. The van der Waals surface area contributed by atoms with E-state index in [1.807, 2.05) is 0 Å². The van der Waals surface area contributed by atoms with Crippen LogP contribution in [0.5, 0.6) is 0 Å². The molecule has 18 heavy (non-hydrogen) atoms. The Kier molecular flexibility index (Phi) is 3.29. The van der Waals surface area contributed by atoms with Gasteiger partial charge in [0.15, 0.2) is 0 Å². The standard InChI is InChI=1S/C13H15BrFN3/c1-13(2,3)10-6-9(18-16)11-8(15)5-4-7(14)12(11)17-10/h4-6H,16H2,1-3H3,(H,17,18). The molecule has 5 heteroatoms. The predicted molar refractivity (Wildman–Crippen MR) is 75.9 cm³/mol. The summed E-state index contributed by atoms with van der Waals surface area (Å²) in [5.74, 6) is 5.15. The van der Waals surface area contributed by atoms with Crippen molar-refractivity contribution in [1.82, 2.24) is 4.98 Å². The van der Waals surface area contributed by atoms with E-state index in [0.717, 1.165) is 10.2 Å². The molecule has 0 amide bonds. The summed E-state index contributed by atoms with van der Waals surface area (Å²) in [6.45, 7) is 6.15. The summed E-state index contributed by atoms with van der Waals surface area (Å²) < 4.78 is 14.6. The van der Waals surface area contributed by atoms with Crippen molar-refractivity contribution >= 4 is 32.5 Å². The van der Waals surface area contributed by atoms with Crippen molar-refractivity contribution < 1.29 is 4.39 Å². The van der Waals surface area contributed by atoms with Gasteiger partial charge in [0.05, 0.1) is 16.6 Å². The van der Waals surface area contributed by atoms with Crippen LogP contribution in [0.3, 0.4) is 0 Å². The Bertz CT molecular complexity index is 605. The van der Waals surface area contributed by atoms with Gasteiger partial charge in [0.25, 0.3) is 0 Å². The van der Waals surface area contributed by atoms with E-state index in [2.05, 4.69) is 47.1 Å². The van der Waals surface area contributed by atoms with E-state index in [1.54, 1.807) is 12.1 Å². The Morgan fingerprint density at radius 3 is 2.56 bits per heavy atom. The van der Waals surface area contributed by atoms with Crippen molar-refractivity contribution in [3.05, 3.63) is 34.2 Å². The summed E-state index contributed by atoms with van der Waals surface area (Å²) >= 11 is 3.40. The molecule has 0 spiro atoms. The number of hydrogen-bond donors (Lipinski definition) is 2. The summed E-state index contributed by atoms with van der Waals surface area (Å²) in [6, 6.07) is 4.83. The molecule has 0 saturated carbocycles. The maximum absolute atomic E-state index is 13.9. The zero-order valence-electron chi connectivity index (χ0n) is 10.5. The molecule has 0 aliphatic heterocycles. The number of aromatic nitrogens is 1. The molecular formula is C13H15BrFN3. The Balaban J connectivity index is 2.88. The number of nitrogen functional groups attached to an aromatic ring is 1. The summed E-state index contributed by atoms with van der Waals surface area (Å²) in [5.41, 5.74) is 4.40. The summed E-state index contributed by atoms with van der Waals surface area (Å²) in [4.78, 5) is 4.53. The number of rotatable bonds is 1. The first-order valence-corrected chi connectivity index (χ1v) is 6.39. The third-order valence-electron chi connectivity index (χ3n) is 2.78. The first-order chi connectivity index (χ1) is 8.34. The van der Waals surface area contributed by atoms with Crippen molar-refractivity contribution in [2.75, 3.05) is 5.43 Å². The van der Waals surface area contributed by atoms with Gasteiger partial charge in [-0.15, -0.1) is 0 Å². The van der Waals surface area contributed by atoms with Crippen LogP contribution in [0.4, 0.5) is 10.1 Å². The fraction of sp³-hybridized carbons (Fsp3) is 0.308. The van der Waals surface area contributed by atoms with Crippen LogP contribution in [0.25, 0.3) is 10.9 Å². The topological polar surface area (TPSA) is 50.9 Å². The smallest absolute Gasteiger partial charge is 0.134 e. The molecule has 1 heterocycles. The van der Waals surface area contributed by atoms with Crippen LogP contribution in [-0.4, -0.2) is 4.98 Å². The molecule has 0 aliphatic rings. The monoisotopic (exact) mass is 311 g/mol. The van der Waals surface area contributed by atoms with E-state index in [4.69, 9.17) is 5.84 Å². The van der Waals surface area contributed by atoms with E-state index >= 15 is 0 Å². The first kappa shape index (κ1) is 13.2. The molecule has 0 radical (unpaired) electrons. The van der Waals surface area contributed by atoms with Crippen molar-refractivity contribution in [3.8, 4) is 0 Å². The molecule has 0 saturated heterocycles. The zero-order valence-corrected chi connectivity index (χ0v) is 12.1. The van der Waals surface area contributed by atoms with Crippen LogP contribution in [0.2, 0.25) is 0 Å². The average molecular weight is 312 g/mol. The minimum Gasteiger partial charge on any atom is -0.323 e. The van der Waals surface area contributed by atoms with E-state index in [-0.39, 0.29) is 11.2 Å². The minimum absolute atomic E-state index is 0.133. The molecule has 1 aromatic carbocycles. The number of benzene rings is 1. The van der Waals surface area contributed by atoms with Gasteiger partial charge in [-0.3, -0.25) is 10.8 Å². The van der Waals surface area contributed by atoms with Crippen molar-refractivity contribution in [2.45, 2.75) is 26.2 Å². The van der Waals surface area contributed by atoms with Crippen LogP contribution in [-0.2, 0) is 5.41 Å². The van der Waals surface area contributed by atoms with Gasteiger partial charge in [-0.2, -0.15) is 0 Å². The minimum atomic E-state index is -0.339. The molecular weight excluding hydrogens is 297 g/mol. The van der Waals surface area contributed by atoms with E-state index in [0.29, 0.717) is 16.6 Å². The number of nitrogens with zero attached hydrogens (tertiary/aromatic N) is 1. The maximum atomic E-state index is 13.9. The molecule has 0 bridgehead atoms. The van der Waals surface area contributed by atoms with Gasteiger partial charge in [-0.05, 0) is 34.1 Å². The van der Waals surface area contributed by atoms with Crippen LogP contribution >= 0.6 is 15.9 Å². The Labute approximate surface area is 114 Å². The molecule has 2 rings (SSSR count). The van der Waals surface area contributed by atoms with Crippen molar-refractivity contribution in [2.24, 2.45) is 5.84 Å².